The Hall–Kier alpha value is -1.99. The van der Waals surface area contributed by atoms with Gasteiger partial charge in [0.15, 0.2) is 5.65 Å². The van der Waals surface area contributed by atoms with Crippen LogP contribution in [0, 0.1) is 5.82 Å². The highest BCUT2D eigenvalue weighted by molar-refractivity contribution is 7.99. The summed E-state index contributed by atoms with van der Waals surface area (Å²) in [5.41, 5.74) is 7.85. The molecule has 0 amide bonds. The molecule has 0 saturated heterocycles. The van der Waals surface area contributed by atoms with E-state index >= 15 is 0 Å². The molecule has 0 aliphatic rings. The average molecular weight is 289 g/mol. The third kappa shape index (κ3) is 2.50. The maximum Gasteiger partial charge on any atom is 0.181 e. The number of nitrogens with two attached hydrogens (primary N) is 1. The monoisotopic (exact) mass is 289 g/mol. The molecule has 0 saturated carbocycles. The van der Waals surface area contributed by atoms with Gasteiger partial charge in [-0.3, -0.25) is 0 Å². The van der Waals surface area contributed by atoms with Crippen molar-refractivity contribution in [2.75, 3.05) is 6.54 Å². The number of nitrogens with one attached hydrogen (secondary N) is 1. The van der Waals surface area contributed by atoms with Crippen LogP contribution in [0.3, 0.4) is 0 Å². The number of H-pyrrole nitrogens is 1. The highest BCUT2D eigenvalue weighted by Crippen LogP contribution is 2.32. The smallest absolute Gasteiger partial charge is 0.181 e. The highest BCUT2D eigenvalue weighted by atomic mass is 32.2. The molecule has 0 spiro atoms. The summed E-state index contributed by atoms with van der Waals surface area (Å²) in [4.78, 5) is 16.4. The van der Waals surface area contributed by atoms with Crippen LogP contribution in [0.15, 0.2) is 40.8 Å². The summed E-state index contributed by atoms with van der Waals surface area (Å²) in [6, 6.07) is 4.70. The van der Waals surface area contributed by atoms with Gasteiger partial charge in [0.05, 0.1) is 6.33 Å². The zero-order valence-electron chi connectivity index (χ0n) is 10.5. The standard InChI is InChI=1S/C13H12FN5S/c14-9-1-2-10(8(5-9)3-4-15)20-13-11-12(17-6-16-11)18-7-19-13/h1-2,5-7H,3-4,15H2,(H,16,17,18,19). The highest BCUT2D eigenvalue weighted by Gasteiger charge is 2.11. The van der Waals surface area contributed by atoms with Gasteiger partial charge in [0, 0.05) is 4.90 Å². The summed E-state index contributed by atoms with van der Waals surface area (Å²) < 4.78 is 13.3. The van der Waals surface area contributed by atoms with Crippen molar-refractivity contribution < 1.29 is 4.39 Å². The fraction of sp³-hybridized carbons (Fsp3) is 0.154. The number of nitrogens with zero attached hydrogens (tertiary/aromatic N) is 3. The number of hydrogen-bond donors (Lipinski definition) is 2. The number of fused-ring (bicyclic) bond motifs is 1. The molecule has 0 aliphatic heterocycles. The van der Waals surface area contributed by atoms with Gasteiger partial charge in [0.2, 0.25) is 0 Å². The summed E-state index contributed by atoms with van der Waals surface area (Å²) >= 11 is 1.45. The molecule has 5 nitrogen and oxygen atoms in total. The maximum atomic E-state index is 13.3. The Kier molecular flexibility index (Phi) is 3.62. The third-order valence-corrected chi connectivity index (χ3v) is 3.95. The van der Waals surface area contributed by atoms with Gasteiger partial charge < -0.3 is 10.7 Å². The molecule has 2 heterocycles. The van der Waals surface area contributed by atoms with E-state index in [1.165, 1.54) is 30.2 Å². The van der Waals surface area contributed by atoms with Crippen LogP contribution in [0.4, 0.5) is 4.39 Å². The Morgan fingerprint density at radius 1 is 1.25 bits per heavy atom. The van der Waals surface area contributed by atoms with Gasteiger partial charge in [-0.05, 0) is 36.7 Å². The zero-order chi connectivity index (χ0) is 13.9. The summed E-state index contributed by atoms with van der Waals surface area (Å²) in [6.07, 6.45) is 3.67. The summed E-state index contributed by atoms with van der Waals surface area (Å²) in [6.45, 7) is 0.472. The molecule has 20 heavy (non-hydrogen) atoms. The SMILES string of the molecule is NCCc1cc(F)ccc1Sc1ncnc2nc[nH]c12. The van der Waals surface area contributed by atoms with Crippen LogP contribution in [0.25, 0.3) is 11.2 Å². The fourth-order valence-electron chi connectivity index (χ4n) is 1.92. The first kappa shape index (κ1) is 13.0. The molecular weight excluding hydrogens is 277 g/mol. The Labute approximate surface area is 118 Å². The minimum atomic E-state index is -0.257. The molecule has 0 unspecified atom stereocenters. The fourth-order valence-corrected chi connectivity index (χ4v) is 2.91. The number of aromatic nitrogens is 4. The van der Waals surface area contributed by atoms with Crippen molar-refractivity contribution in [1.29, 1.82) is 0 Å². The van der Waals surface area contributed by atoms with Crippen LogP contribution in [-0.2, 0) is 6.42 Å². The molecule has 3 aromatic rings. The number of aromatic amines is 1. The van der Waals surface area contributed by atoms with Gasteiger partial charge in [-0.2, -0.15) is 0 Å². The van der Waals surface area contributed by atoms with Crippen molar-refractivity contribution >= 4 is 22.9 Å². The third-order valence-electron chi connectivity index (χ3n) is 2.83. The first-order chi connectivity index (χ1) is 9.78. The summed E-state index contributed by atoms with van der Waals surface area (Å²) in [5.74, 6) is -0.257. The Morgan fingerprint density at radius 2 is 2.15 bits per heavy atom. The lowest BCUT2D eigenvalue weighted by Gasteiger charge is -2.08. The summed E-state index contributed by atoms with van der Waals surface area (Å²) in [7, 11) is 0. The van der Waals surface area contributed by atoms with Crippen LogP contribution >= 0.6 is 11.8 Å². The number of hydrogen-bond acceptors (Lipinski definition) is 5. The maximum absolute atomic E-state index is 13.3. The van der Waals surface area contributed by atoms with E-state index in [2.05, 4.69) is 19.9 Å². The van der Waals surface area contributed by atoms with Gasteiger partial charge in [-0.25, -0.2) is 19.3 Å². The quantitative estimate of drug-likeness (QED) is 0.719. The van der Waals surface area contributed by atoms with E-state index in [0.29, 0.717) is 18.6 Å². The molecular formula is C13H12FN5S. The van der Waals surface area contributed by atoms with E-state index < -0.39 is 0 Å². The second kappa shape index (κ2) is 5.56. The second-order valence-corrected chi connectivity index (χ2v) is 5.20. The predicted molar refractivity (Wildman–Crippen MR) is 75.0 cm³/mol. The molecule has 0 fully saturated rings. The van der Waals surface area contributed by atoms with Gasteiger partial charge in [0.1, 0.15) is 22.7 Å². The largest absolute Gasteiger partial charge is 0.341 e. The molecule has 0 atom stereocenters. The average Bonchev–Trinajstić information content (AvgIpc) is 2.91. The normalized spacial score (nSPS) is 11.1. The van der Waals surface area contributed by atoms with Crippen molar-refractivity contribution in [3.8, 4) is 0 Å². The second-order valence-electron chi connectivity index (χ2n) is 4.17. The lowest BCUT2D eigenvalue weighted by molar-refractivity contribution is 0.623. The number of rotatable bonds is 4. The van der Waals surface area contributed by atoms with Crippen molar-refractivity contribution in [2.24, 2.45) is 5.73 Å². The molecule has 1 aromatic carbocycles. The van der Waals surface area contributed by atoms with E-state index in [1.54, 1.807) is 12.4 Å². The molecule has 3 N–H and O–H groups in total. The number of halogens is 1. The lowest BCUT2D eigenvalue weighted by Crippen LogP contribution is -2.04. The molecule has 0 radical (unpaired) electrons. The van der Waals surface area contributed by atoms with E-state index in [1.807, 2.05) is 0 Å². The minimum absolute atomic E-state index is 0.257. The van der Waals surface area contributed by atoms with Crippen LogP contribution in [0.2, 0.25) is 0 Å². The summed E-state index contributed by atoms with van der Waals surface area (Å²) in [5, 5.41) is 0.761. The van der Waals surface area contributed by atoms with Crippen molar-refractivity contribution in [3.05, 3.63) is 42.2 Å². The Morgan fingerprint density at radius 3 is 3.00 bits per heavy atom. The van der Waals surface area contributed by atoms with E-state index in [-0.39, 0.29) is 5.82 Å². The zero-order valence-corrected chi connectivity index (χ0v) is 11.3. The first-order valence-electron chi connectivity index (χ1n) is 6.08. The first-order valence-corrected chi connectivity index (χ1v) is 6.90. The van der Waals surface area contributed by atoms with Gasteiger partial charge in [-0.1, -0.05) is 11.8 Å². The molecule has 102 valence electrons. The van der Waals surface area contributed by atoms with Crippen molar-refractivity contribution in [1.82, 2.24) is 19.9 Å². The molecule has 2 aromatic heterocycles. The molecule has 3 rings (SSSR count). The minimum Gasteiger partial charge on any atom is -0.341 e. The Bertz CT molecular complexity index is 742. The van der Waals surface area contributed by atoms with E-state index in [0.717, 1.165) is 21.0 Å². The Balaban J connectivity index is 2.00. The molecule has 0 aliphatic carbocycles. The van der Waals surface area contributed by atoms with Crippen molar-refractivity contribution in [2.45, 2.75) is 16.3 Å². The van der Waals surface area contributed by atoms with Crippen molar-refractivity contribution in [3.63, 3.8) is 0 Å². The van der Waals surface area contributed by atoms with E-state index in [4.69, 9.17) is 5.73 Å². The van der Waals surface area contributed by atoms with Crippen LogP contribution < -0.4 is 5.73 Å². The topological polar surface area (TPSA) is 80.5 Å². The van der Waals surface area contributed by atoms with Crippen LogP contribution in [0.1, 0.15) is 5.56 Å². The predicted octanol–water partition coefficient (Wildman–Crippen LogP) is 2.14. The number of benzene rings is 1. The van der Waals surface area contributed by atoms with Gasteiger partial charge in [0.25, 0.3) is 0 Å². The number of imidazole rings is 1. The van der Waals surface area contributed by atoms with Gasteiger partial charge in [-0.15, -0.1) is 0 Å². The lowest BCUT2D eigenvalue weighted by atomic mass is 10.1. The molecule has 0 bridgehead atoms. The van der Waals surface area contributed by atoms with Gasteiger partial charge >= 0.3 is 0 Å². The molecule has 7 heteroatoms. The van der Waals surface area contributed by atoms with Crippen LogP contribution in [-0.4, -0.2) is 26.5 Å². The van der Waals surface area contributed by atoms with E-state index in [9.17, 15) is 4.39 Å². The van der Waals surface area contributed by atoms with Crippen LogP contribution in [0.5, 0.6) is 0 Å².